The number of methoxy groups -OCH3 is 1. The molecule has 6 nitrogen and oxygen atoms in total. The number of para-hydroxylation sites is 1. The minimum absolute atomic E-state index is 0.0285. The smallest absolute Gasteiger partial charge is 0.273 e. The van der Waals surface area contributed by atoms with E-state index in [1.165, 1.54) is 19.2 Å². The van der Waals surface area contributed by atoms with Crippen LogP contribution in [0.2, 0.25) is 0 Å². The second-order valence-corrected chi connectivity index (χ2v) is 4.62. The third-order valence-corrected chi connectivity index (χ3v) is 3.21. The Balaban J connectivity index is 1.98. The van der Waals surface area contributed by atoms with Crippen LogP contribution in [0.25, 0.3) is 0 Å². The molecule has 1 fully saturated rings. The lowest BCUT2D eigenvalue weighted by Crippen LogP contribution is -2.42. The van der Waals surface area contributed by atoms with Gasteiger partial charge in [0.05, 0.1) is 12.7 Å². The second kappa shape index (κ2) is 5.17. The molecule has 19 heavy (non-hydrogen) atoms. The Kier molecular flexibility index (Phi) is 3.59. The number of carbonyl (C=O) groups excluding carboxylic acids is 2. The maximum atomic E-state index is 11.8. The molecular formula is C13H16N2O4. The summed E-state index contributed by atoms with van der Waals surface area (Å²) in [5.41, 5.74) is 4.67. The van der Waals surface area contributed by atoms with Crippen molar-refractivity contribution in [1.82, 2.24) is 10.9 Å². The van der Waals surface area contributed by atoms with Gasteiger partial charge in [-0.15, -0.1) is 0 Å². The number of phenolic OH excluding ortho intramolecular Hbond substituents is 1. The van der Waals surface area contributed by atoms with Crippen molar-refractivity contribution in [3.63, 3.8) is 0 Å². The number of nitrogens with one attached hydrogen (secondary N) is 2. The average Bonchev–Trinajstić information content (AvgIpc) is 3.13. The molecule has 1 saturated carbocycles. The molecule has 6 heteroatoms. The van der Waals surface area contributed by atoms with Crippen LogP contribution in [0.15, 0.2) is 18.2 Å². The molecule has 2 atom stereocenters. The van der Waals surface area contributed by atoms with Crippen LogP contribution in [0, 0.1) is 11.8 Å². The molecule has 1 aromatic rings. The van der Waals surface area contributed by atoms with Crippen molar-refractivity contribution < 1.29 is 19.4 Å². The number of phenols is 1. The van der Waals surface area contributed by atoms with E-state index in [9.17, 15) is 14.7 Å². The third-order valence-electron chi connectivity index (χ3n) is 3.21. The van der Waals surface area contributed by atoms with E-state index in [-0.39, 0.29) is 28.9 Å². The predicted molar refractivity (Wildman–Crippen MR) is 67.5 cm³/mol. The van der Waals surface area contributed by atoms with E-state index >= 15 is 0 Å². The summed E-state index contributed by atoms with van der Waals surface area (Å²) in [4.78, 5) is 23.4. The first-order valence-electron chi connectivity index (χ1n) is 6.00. The zero-order valence-corrected chi connectivity index (χ0v) is 10.8. The van der Waals surface area contributed by atoms with E-state index in [4.69, 9.17) is 4.74 Å². The van der Waals surface area contributed by atoms with Crippen molar-refractivity contribution >= 4 is 11.8 Å². The fraction of sp³-hybridized carbons (Fsp3) is 0.385. The number of hydrogen-bond acceptors (Lipinski definition) is 4. The van der Waals surface area contributed by atoms with Gasteiger partial charge in [-0.1, -0.05) is 13.0 Å². The summed E-state index contributed by atoms with van der Waals surface area (Å²) in [6, 6.07) is 4.56. The summed E-state index contributed by atoms with van der Waals surface area (Å²) in [6.07, 6.45) is 0.839. The average molecular weight is 264 g/mol. The molecule has 0 unspecified atom stereocenters. The van der Waals surface area contributed by atoms with Crippen molar-refractivity contribution in [1.29, 1.82) is 0 Å². The molecule has 2 rings (SSSR count). The minimum atomic E-state index is -0.585. The van der Waals surface area contributed by atoms with Crippen LogP contribution in [0.4, 0.5) is 0 Å². The van der Waals surface area contributed by atoms with Gasteiger partial charge in [-0.25, -0.2) is 0 Å². The van der Waals surface area contributed by atoms with Gasteiger partial charge >= 0.3 is 0 Å². The van der Waals surface area contributed by atoms with Crippen molar-refractivity contribution in [3.05, 3.63) is 23.8 Å². The van der Waals surface area contributed by atoms with Crippen LogP contribution in [-0.2, 0) is 4.79 Å². The number of hydrazine groups is 1. The molecule has 0 bridgehead atoms. The Labute approximate surface area is 110 Å². The molecular weight excluding hydrogens is 248 g/mol. The first-order chi connectivity index (χ1) is 9.04. The van der Waals surface area contributed by atoms with Crippen LogP contribution >= 0.6 is 0 Å². The largest absolute Gasteiger partial charge is 0.504 e. The van der Waals surface area contributed by atoms with E-state index < -0.39 is 5.91 Å². The fourth-order valence-electron chi connectivity index (χ4n) is 1.84. The normalized spacial score (nSPS) is 20.5. The van der Waals surface area contributed by atoms with E-state index in [0.29, 0.717) is 5.92 Å². The number of hydrogen-bond donors (Lipinski definition) is 3. The molecule has 0 saturated heterocycles. The first-order valence-corrected chi connectivity index (χ1v) is 6.00. The van der Waals surface area contributed by atoms with Crippen LogP contribution in [0.3, 0.4) is 0 Å². The zero-order valence-electron chi connectivity index (χ0n) is 10.8. The van der Waals surface area contributed by atoms with Gasteiger partial charge in [-0.3, -0.25) is 20.4 Å². The van der Waals surface area contributed by atoms with Gasteiger partial charge in [-0.05, 0) is 24.5 Å². The molecule has 3 N–H and O–H groups in total. The van der Waals surface area contributed by atoms with Crippen molar-refractivity contribution in [2.75, 3.05) is 7.11 Å². The number of benzene rings is 1. The summed E-state index contributed by atoms with van der Waals surface area (Å²) in [5.74, 6) is -0.506. The summed E-state index contributed by atoms with van der Waals surface area (Å²) < 4.78 is 4.91. The van der Waals surface area contributed by atoms with Crippen LogP contribution < -0.4 is 15.6 Å². The molecule has 102 valence electrons. The van der Waals surface area contributed by atoms with E-state index in [0.717, 1.165) is 6.42 Å². The van der Waals surface area contributed by atoms with Gasteiger partial charge in [0.1, 0.15) is 0 Å². The zero-order chi connectivity index (χ0) is 14.0. The summed E-state index contributed by atoms with van der Waals surface area (Å²) >= 11 is 0. The molecule has 1 aliphatic carbocycles. The number of aromatic hydroxyl groups is 1. The molecule has 1 aliphatic rings. The molecule has 1 aromatic carbocycles. The van der Waals surface area contributed by atoms with Crippen LogP contribution in [0.5, 0.6) is 11.5 Å². The number of carbonyl (C=O) groups is 2. The van der Waals surface area contributed by atoms with E-state index in [2.05, 4.69) is 10.9 Å². The second-order valence-electron chi connectivity index (χ2n) is 4.62. The number of ether oxygens (including phenoxy) is 1. The van der Waals surface area contributed by atoms with Gasteiger partial charge in [0, 0.05) is 5.92 Å². The quantitative estimate of drug-likeness (QED) is 0.705. The standard InChI is InChI=1S/C13H16N2O4/c1-7-6-9(7)13(18)15-14-12(17)8-4-3-5-10(19-2)11(8)16/h3-5,7,9,16H,6H2,1-2H3,(H,14,17)(H,15,18)/t7-,9-/m0/s1. The lowest BCUT2D eigenvalue weighted by Gasteiger charge is -2.10. The summed E-state index contributed by atoms with van der Waals surface area (Å²) in [7, 11) is 1.40. The molecule has 0 aliphatic heterocycles. The van der Waals surface area contributed by atoms with Crippen LogP contribution in [0.1, 0.15) is 23.7 Å². The van der Waals surface area contributed by atoms with E-state index in [1.54, 1.807) is 6.07 Å². The number of amides is 2. The van der Waals surface area contributed by atoms with Gasteiger partial charge in [0.25, 0.3) is 5.91 Å². The fourth-order valence-corrected chi connectivity index (χ4v) is 1.84. The highest BCUT2D eigenvalue weighted by atomic mass is 16.5. The first kappa shape index (κ1) is 13.2. The lowest BCUT2D eigenvalue weighted by molar-refractivity contribution is -0.123. The van der Waals surface area contributed by atoms with Gasteiger partial charge < -0.3 is 9.84 Å². The van der Waals surface area contributed by atoms with Crippen LogP contribution in [-0.4, -0.2) is 24.0 Å². The maximum absolute atomic E-state index is 11.8. The highest BCUT2D eigenvalue weighted by Gasteiger charge is 2.39. The monoisotopic (exact) mass is 264 g/mol. The highest BCUT2D eigenvalue weighted by molar-refractivity contribution is 5.98. The molecule has 0 aromatic heterocycles. The van der Waals surface area contributed by atoms with Gasteiger partial charge in [-0.2, -0.15) is 0 Å². The number of rotatable bonds is 3. The summed E-state index contributed by atoms with van der Waals surface area (Å²) in [5, 5.41) is 9.79. The summed E-state index contributed by atoms with van der Waals surface area (Å²) in [6.45, 7) is 1.97. The highest BCUT2D eigenvalue weighted by Crippen LogP contribution is 2.37. The third kappa shape index (κ3) is 2.78. The Morgan fingerprint density at radius 1 is 1.37 bits per heavy atom. The molecule has 2 amide bonds. The lowest BCUT2D eigenvalue weighted by atomic mass is 10.2. The maximum Gasteiger partial charge on any atom is 0.273 e. The Morgan fingerprint density at radius 3 is 2.63 bits per heavy atom. The molecule has 0 spiro atoms. The van der Waals surface area contributed by atoms with Crippen molar-refractivity contribution in [3.8, 4) is 11.5 Å². The Hall–Kier alpha value is -2.24. The van der Waals surface area contributed by atoms with Gasteiger partial charge in [0.2, 0.25) is 5.91 Å². The topological polar surface area (TPSA) is 87.7 Å². The molecule has 0 radical (unpaired) electrons. The van der Waals surface area contributed by atoms with E-state index in [1.807, 2.05) is 6.92 Å². The van der Waals surface area contributed by atoms with Crippen molar-refractivity contribution in [2.45, 2.75) is 13.3 Å². The molecule has 0 heterocycles. The Bertz CT molecular complexity index is 515. The van der Waals surface area contributed by atoms with Gasteiger partial charge in [0.15, 0.2) is 11.5 Å². The van der Waals surface area contributed by atoms with Crippen molar-refractivity contribution in [2.24, 2.45) is 11.8 Å². The SMILES string of the molecule is COc1cccc(C(=O)NNC(=O)[C@H]2C[C@@H]2C)c1O. The predicted octanol–water partition coefficient (Wildman–Crippen LogP) is 0.818. The minimum Gasteiger partial charge on any atom is -0.504 e. The Morgan fingerprint density at radius 2 is 2.05 bits per heavy atom.